The maximum atomic E-state index is 8.87. The van der Waals surface area contributed by atoms with E-state index in [1.807, 2.05) is 0 Å². The molecule has 0 bridgehead atoms. The van der Waals surface area contributed by atoms with Crippen molar-refractivity contribution >= 4 is 0 Å². The van der Waals surface area contributed by atoms with Crippen LogP contribution >= 0.6 is 0 Å². The van der Waals surface area contributed by atoms with Gasteiger partial charge in [-0.15, -0.1) is 0 Å². The van der Waals surface area contributed by atoms with E-state index in [4.69, 9.17) is 10.2 Å². The van der Waals surface area contributed by atoms with Crippen LogP contribution in [-0.2, 0) is 0 Å². The first-order valence-electron chi connectivity index (χ1n) is 7.54. The second kappa shape index (κ2) is 10.7. The molecule has 1 rings (SSSR count). The topological polar surface area (TPSA) is 55.7 Å². The van der Waals surface area contributed by atoms with Gasteiger partial charge in [0.1, 0.15) is 0 Å². The molecule has 0 heterocycles. The molecule has 0 aliphatic heterocycles. The lowest BCUT2D eigenvalue weighted by atomic mass is 10.2. The molecule has 0 amide bonds. The zero-order valence-electron chi connectivity index (χ0n) is 11.6. The van der Waals surface area contributed by atoms with E-state index in [1.54, 1.807) is 0 Å². The number of nitrogens with one attached hydrogen (secondary N) is 1. The van der Waals surface area contributed by atoms with Gasteiger partial charge in [-0.25, -0.2) is 0 Å². The third kappa shape index (κ3) is 7.31. The molecule has 0 spiro atoms. The van der Waals surface area contributed by atoms with Gasteiger partial charge in [0.25, 0.3) is 0 Å². The summed E-state index contributed by atoms with van der Waals surface area (Å²) in [6.45, 7) is 4.57. The van der Waals surface area contributed by atoms with Crippen LogP contribution in [-0.4, -0.2) is 60.5 Å². The lowest BCUT2D eigenvalue weighted by molar-refractivity contribution is 0.199. The van der Waals surface area contributed by atoms with Crippen LogP contribution in [0.5, 0.6) is 0 Å². The van der Waals surface area contributed by atoms with E-state index >= 15 is 0 Å². The Kier molecular flexibility index (Phi) is 9.48. The maximum Gasteiger partial charge on any atom is 0.0443 e. The van der Waals surface area contributed by atoms with Crippen molar-refractivity contribution in [3.8, 4) is 0 Å². The van der Waals surface area contributed by atoms with Gasteiger partial charge in [0.05, 0.1) is 0 Å². The summed E-state index contributed by atoms with van der Waals surface area (Å²) in [6, 6.07) is 0.758. The fourth-order valence-corrected chi connectivity index (χ4v) is 2.66. The molecule has 18 heavy (non-hydrogen) atoms. The molecule has 1 aliphatic rings. The average Bonchev–Trinajstić information content (AvgIpc) is 2.90. The highest BCUT2D eigenvalue weighted by Gasteiger charge is 2.13. The SMILES string of the molecule is OCCCN(CCCO)CCCNC1CCCC1. The predicted octanol–water partition coefficient (Wildman–Crippen LogP) is 0.975. The smallest absolute Gasteiger partial charge is 0.0443 e. The minimum Gasteiger partial charge on any atom is -0.396 e. The third-order valence-electron chi connectivity index (χ3n) is 3.70. The van der Waals surface area contributed by atoms with Crippen molar-refractivity contribution in [2.24, 2.45) is 0 Å². The standard InChI is InChI=1S/C14H30N2O2/c17-12-4-10-16(11-5-13-18)9-3-8-15-14-6-1-2-7-14/h14-15,17-18H,1-13H2. The van der Waals surface area contributed by atoms with Crippen LogP contribution in [0.2, 0.25) is 0 Å². The normalized spacial score (nSPS) is 16.8. The van der Waals surface area contributed by atoms with Crippen molar-refractivity contribution in [2.45, 2.75) is 51.0 Å². The fraction of sp³-hybridized carbons (Fsp3) is 1.00. The Hall–Kier alpha value is -0.160. The number of hydrogen-bond donors (Lipinski definition) is 3. The van der Waals surface area contributed by atoms with E-state index in [2.05, 4.69) is 10.2 Å². The number of aliphatic hydroxyl groups excluding tert-OH is 2. The summed E-state index contributed by atoms with van der Waals surface area (Å²) < 4.78 is 0. The second-order valence-corrected chi connectivity index (χ2v) is 5.29. The largest absolute Gasteiger partial charge is 0.396 e. The second-order valence-electron chi connectivity index (χ2n) is 5.29. The van der Waals surface area contributed by atoms with Crippen molar-refractivity contribution in [1.82, 2.24) is 10.2 Å². The van der Waals surface area contributed by atoms with Crippen molar-refractivity contribution in [1.29, 1.82) is 0 Å². The van der Waals surface area contributed by atoms with Crippen molar-refractivity contribution in [2.75, 3.05) is 39.4 Å². The number of rotatable bonds is 11. The zero-order valence-corrected chi connectivity index (χ0v) is 11.6. The minimum absolute atomic E-state index is 0.260. The molecule has 1 fully saturated rings. The van der Waals surface area contributed by atoms with Gasteiger partial charge in [-0.2, -0.15) is 0 Å². The molecule has 0 aromatic rings. The molecule has 4 heteroatoms. The summed E-state index contributed by atoms with van der Waals surface area (Å²) >= 11 is 0. The third-order valence-corrected chi connectivity index (χ3v) is 3.70. The highest BCUT2D eigenvalue weighted by atomic mass is 16.3. The first-order chi connectivity index (χ1) is 8.86. The lowest BCUT2D eigenvalue weighted by Gasteiger charge is -2.22. The van der Waals surface area contributed by atoms with Crippen LogP contribution in [0.3, 0.4) is 0 Å². The van der Waals surface area contributed by atoms with E-state index in [-0.39, 0.29) is 13.2 Å². The fourth-order valence-electron chi connectivity index (χ4n) is 2.66. The highest BCUT2D eigenvalue weighted by molar-refractivity contribution is 4.73. The minimum atomic E-state index is 0.260. The molecule has 108 valence electrons. The molecule has 0 aromatic heterocycles. The summed E-state index contributed by atoms with van der Waals surface area (Å²) in [7, 11) is 0. The van der Waals surface area contributed by atoms with Crippen LogP contribution in [0, 0.1) is 0 Å². The Labute approximate surface area is 111 Å². The Morgan fingerprint density at radius 1 is 0.889 bits per heavy atom. The molecule has 4 nitrogen and oxygen atoms in total. The molecule has 0 unspecified atom stereocenters. The number of nitrogens with zero attached hydrogens (tertiary/aromatic N) is 1. The molecule has 1 aliphatic carbocycles. The summed E-state index contributed by atoms with van der Waals surface area (Å²) in [4.78, 5) is 2.35. The van der Waals surface area contributed by atoms with Crippen molar-refractivity contribution in [3.05, 3.63) is 0 Å². The Bertz CT molecular complexity index is 177. The molecule has 0 aromatic carbocycles. The van der Waals surface area contributed by atoms with Crippen LogP contribution in [0.15, 0.2) is 0 Å². The van der Waals surface area contributed by atoms with E-state index in [9.17, 15) is 0 Å². The monoisotopic (exact) mass is 258 g/mol. The van der Waals surface area contributed by atoms with Gasteiger partial charge >= 0.3 is 0 Å². The average molecular weight is 258 g/mol. The van der Waals surface area contributed by atoms with Crippen LogP contribution < -0.4 is 5.32 Å². The van der Waals surface area contributed by atoms with Crippen LogP contribution in [0.4, 0.5) is 0 Å². The molecular weight excluding hydrogens is 228 g/mol. The molecule has 1 saturated carbocycles. The molecular formula is C14H30N2O2. The van der Waals surface area contributed by atoms with E-state index < -0.39 is 0 Å². The molecule has 3 N–H and O–H groups in total. The zero-order chi connectivity index (χ0) is 13.1. The van der Waals surface area contributed by atoms with Crippen molar-refractivity contribution < 1.29 is 10.2 Å². The summed E-state index contributed by atoms with van der Waals surface area (Å²) in [5.74, 6) is 0. The van der Waals surface area contributed by atoms with Gasteiger partial charge in [-0.1, -0.05) is 12.8 Å². The summed E-state index contributed by atoms with van der Waals surface area (Å²) in [6.07, 6.45) is 8.29. The first-order valence-corrected chi connectivity index (χ1v) is 7.54. The van der Waals surface area contributed by atoms with Gasteiger partial charge in [0.2, 0.25) is 0 Å². The Balaban J connectivity index is 2.03. The van der Waals surface area contributed by atoms with E-state index in [0.29, 0.717) is 0 Å². The molecule has 0 atom stereocenters. The number of hydrogen-bond acceptors (Lipinski definition) is 4. The summed E-state index contributed by atoms with van der Waals surface area (Å²) in [5, 5.41) is 21.4. The van der Waals surface area contributed by atoms with E-state index in [1.165, 1.54) is 25.7 Å². The van der Waals surface area contributed by atoms with E-state index in [0.717, 1.165) is 51.5 Å². The quantitative estimate of drug-likeness (QED) is 0.484. The lowest BCUT2D eigenvalue weighted by Crippen LogP contribution is -2.32. The van der Waals surface area contributed by atoms with Crippen LogP contribution in [0.25, 0.3) is 0 Å². The Morgan fingerprint density at radius 3 is 2.00 bits per heavy atom. The number of aliphatic hydroxyl groups is 2. The Morgan fingerprint density at radius 2 is 1.44 bits per heavy atom. The van der Waals surface area contributed by atoms with Gasteiger partial charge in [-0.05, 0) is 45.2 Å². The van der Waals surface area contributed by atoms with Gasteiger partial charge in [0.15, 0.2) is 0 Å². The first kappa shape index (κ1) is 15.9. The van der Waals surface area contributed by atoms with Gasteiger partial charge in [0, 0.05) is 32.3 Å². The van der Waals surface area contributed by atoms with Gasteiger partial charge in [-0.3, -0.25) is 0 Å². The van der Waals surface area contributed by atoms with Crippen LogP contribution in [0.1, 0.15) is 44.9 Å². The molecule has 0 saturated heterocycles. The maximum absolute atomic E-state index is 8.87. The summed E-state index contributed by atoms with van der Waals surface area (Å²) in [5.41, 5.74) is 0. The molecule has 0 radical (unpaired) electrons. The highest BCUT2D eigenvalue weighted by Crippen LogP contribution is 2.17. The predicted molar refractivity (Wildman–Crippen MR) is 74.7 cm³/mol. The van der Waals surface area contributed by atoms with Gasteiger partial charge < -0.3 is 20.4 Å². The van der Waals surface area contributed by atoms with Crippen molar-refractivity contribution in [3.63, 3.8) is 0 Å².